The molecule has 0 spiro atoms. The molecule has 6 nitrogen and oxygen atoms in total. The summed E-state index contributed by atoms with van der Waals surface area (Å²) in [6, 6.07) is 13.1. The van der Waals surface area contributed by atoms with E-state index >= 15 is 0 Å². The lowest BCUT2D eigenvalue weighted by Gasteiger charge is -2.22. The smallest absolute Gasteiger partial charge is 0.258 e. The van der Waals surface area contributed by atoms with Gasteiger partial charge in [-0.25, -0.2) is 0 Å². The molecule has 6 heteroatoms. The van der Waals surface area contributed by atoms with Crippen molar-refractivity contribution in [2.75, 3.05) is 32.2 Å². The van der Waals surface area contributed by atoms with E-state index < -0.39 is 0 Å². The number of benzene rings is 2. The number of nitrogens with one attached hydrogen (secondary N) is 1. The summed E-state index contributed by atoms with van der Waals surface area (Å²) < 4.78 is 10.5. The number of rotatable bonds is 8. The molecule has 0 aliphatic rings. The van der Waals surface area contributed by atoms with Crippen LogP contribution in [0.3, 0.4) is 0 Å². The van der Waals surface area contributed by atoms with Crippen molar-refractivity contribution in [2.24, 2.45) is 0 Å². The van der Waals surface area contributed by atoms with Gasteiger partial charge in [0.25, 0.3) is 5.91 Å². The number of carbonyl (C=O) groups is 2. The summed E-state index contributed by atoms with van der Waals surface area (Å²) in [4.78, 5) is 26.4. The van der Waals surface area contributed by atoms with Gasteiger partial charge in [-0.05, 0) is 35.7 Å². The van der Waals surface area contributed by atoms with Crippen LogP contribution in [0.4, 0.5) is 5.69 Å². The Bertz CT molecular complexity index is 794. The minimum atomic E-state index is -0.312. The topological polar surface area (TPSA) is 67.9 Å². The first-order chi connectivity index (χ1) is 13.4. The molecule has 0 saturated heterocycles. The molecule has 2 amide bonds. The Morgan fingerprint density at radius 1 is 1.00 bits per heavy atom. The highest BCUT2D eigenvalue weighted by Crippen LogP contribution is 2.28. The van der Waals surface area contributed by atoms with Gasteiger partial charge in [-0.15, -0.1) is 0 Å². The number of hydrogen-bond donors (Lipinski definition) is 1. The van der Waals surface area contributed by atoms with Crippen molar-refractivity contribution in [3.05, 3.63) is 53.6 Å². The summed E-state index contributed by atoms with van der Waals surface area (Å²) in [7, 11) is 3.01. The van der Waals surface area contributed by atoms with Gasteiger partial charge >= 0.3 is 0 Å². The predicted octanol–water partition coefficient (Wildman–Crippen LogP) is 3.61. The minimum Gasteiger partial charge on any atom is -0.496 e. The van der Waals surface area contributed by atoms with E-state index in [1.54, 1.807) is 23.1 Å². The molecule has 0 aliphatic heterocycles. The highest BCUT2D eigenvalue weighted by Gasteiger charge is 2.19. The van der Waals surface area contributed by atoms with Crippen LogP contribution in [0, 0.1) is 0 Å². The lowest BCUT2D eigenvalue weighted by molar-refractivity contribution is -0.116. The SMILES string of the molecule is COc1cccc(OC)c1C(=O)NCCN(C(C)=O)c1ccc(C(C)C)cc1. The number of hydrogen-bond acceptors (Lipinski definition) is 4. The Morgan fingerprint density at radius 3 is 2.04 bits per heavy atom. The van der Waals surface area contributed by atoms with E-state index in [2.05, 4.69) is 19.2 Å². The van der Waals surface area contributed by atoms with Crippen molar-refractivity contribution in [2.45, 2.75) is 26.7 Å². The van der Waals surface area contributed by atoms with Crippen molar-refractivity contribution in [3.63, 3.8) is 0 Å². The van der Waals surface area contributed by atoms with Crippen LogP contribution in [0.1, 0.15) is 42.6 Å². The van der Waals surface area contributed by atoms with Gasteiger partial charge < -0.3 is 19.7 Å². The van der Waals surface area contributed by atoms with Crippen molar-refractivity contribution >= 4 is 17.5 Å². The summed E-state index contributed by atoms with van der Waals surface area (Å²) in [5.74, 6) is 0.901. The second kappa shape index (κ2) is 9.78. The molecule has 2 rings (SSSR count). The molecule has 28 heavy (non-hydrogen) atoms. The Labute approximate surface area is 166 Å². The van der Waals surface area contributed by atoms with E-state index in [1.165, 1.54) is 26.7 Å². The predicted molar refractivity (Wildman–Crippen MR) is 110 cm³/mol. The maximum atomic E-state index is 12.6. The molecule has 1 N–H and O–H groups in total. The second-order valence-corrected chi connectivity index (χ2v) is 6.71. The van der Waals surface area contributed by atoms with E-state index in [0.717, 1.165) is 5.69 Å². The fourth-order valence-corrected chi connectivity index (χ4v) is 2.95. The molecule has 2 aromatic rings. The van der Waals surface area contributed by atoms with E-state index in [1.807, 2.05) is 24.3 Å². The van der Waals surface area contributed by atoms with E-state index in [9.17, 15) is 9.59 Å². The molecule has 2 aromatic carbocycles. The molecule has 0 heterocycles. The van der Waals surface area contributed by atoms with Gasteiger partial charge in [-0.1, -0.05) is 32.0 Å². The van der Waals surface area contributed by atoms with Gasteiger partial charge in [0.1, 0.15) is 17.1 Å². The van der Waals surface area contributed by atoms with Crippen molar-refractivity contribution in [3.8, 4) is 11.5 Å². The third-order valence-electron chi connectivity index (χ3n) is 4.53. The maximum Gasteiger partial charge on any atom is 0.258 e. The minimum absolute atomic E-state index is 0.0820. The largest absolute Gasteiger partial charge is 0.496 e. The van der Waals surface area contributed by atoms with Crippen molar-refractivity contribution < 1.29 is 19.1 Å². The highest BCUT2D eigenvalue weighted by molar-refractivity contribution is 6.00. The third kappa shape index (κ3) is 5.03. The summed E-state index contributed by atoms with van der Waals surface area (Å²) in [6.45, 7) is 6.42. The van der Waals surface area contributed by atoms with Crippen LogP contribution in [-0.2, 0) is 4.79 Å². The molecule has 0 radical (unpaired) electrons. The average Bonchev–Trinajstić information content (AvgIpc) is 2.70. The van der Waals surface area contributed by atoms with Crippen molar-refractivity contribution in [1.82, 2.24) is 5.32 Å². The van der Waals surface area contributed by atoms with Crippen LogP contribution in [0.15, 0.2) is 42.5 Å². The molecular formula is C22H28N2O4. The number of methoxy groups -OCH3 is 2. The number of carbonyl (C=O) groups excluding carboxylic acids is 2. The number of ether oxygens (including phenoxy) is 2. The molecule has 0 fully saturated rings. The van der Waals surface area contributed by atoms with Crippen LogP contribution in [0.25, 0.3) is 0 Å². The molecule has 0 unspecified atom stereocenters. The monoisotopic (exact) mass is 384 g/mol. The molecule has 0 aromatic heterocycles. The van der Waals surface area contributed by atoms with Crippen LogP contribution < -0.4 is 19.7 Å². The normalized spacial score (nSPS) is 10.5. The average molecular weight is 384 g/mol. The Hall–Kier alpha value is -3.02. The molecular weight excluding hydrogens is 356 g/mol. The van der Waals surface area contributed by atoms with Crippen LogP contribution in [-0.4, -0.2) is 39.1 Å². The summed E-state index contributed by atoms with van der Waals surface area (Å²) in [5, 5.41) is 2.84. The number of anilines is 1. The van der Waals surface area contributed by atoms with Gasteiger partial charge in [0, 0.05) is 25.7 Å². The molecule has 0 aliphatic carbocycles. The third-order valence-corrected chi connectivity index (χ3v) is 4.53. The zero-order chi connectivity index (χ0) is 20.7. The van der Waals surface area contributed by atoms with E-state index in [-0.39, 0.29) is 11.8 Å². The van der Waals surface area contributed by atoms with Crippen molar-refractivity contribution in [1.29, 1.82) is 0 Å². The zero-order valence-corrected chi connectivity index (χ0v) is 17.1. The molecule has 0 bridgehead atoms. The maximum absolute atomic E-state index is 12.6. The lowest BCUT2D eigenvalue weighted by Crippen LogP contribution is -2.37. The summed E-state index contributed by atoms with van der Waals surface area (Å²) >= 11 is 0. The van der Waals surface area contributed by atoms with Gasteiger partial charge in [0.2, 0.25) is 5.91 Å². The first kappa shape index (κ1) is 21.3. The zero-order valence-electron chi connectivity index (χ0n) is 17.1. The highest BCUT2D eigenvalue weighted by atomic mass is 16.5. The fraction of sp³-hybridized carbons (Fsp3) is 0.364. The Kier molecular flexibility index (Phi) is 7.44. The number of amides is 2. The van der Waals surface area contributed by atoms with Crippen LogP contribution in [0.2, 0.25) is 0 Å². The van der Waals surface area contributed by atoms with Gasteiger partial charge in [0.05, 0.1) is 14.2 Å². The van der Waals surface area contributed by atoms with E-state index in [4.69, 9.17) is 9.47 Å². The van der Waals surface area contributed by atoms with E-state index in [0.29, 0.717) is 36.1 Å². The first-order valence-corrected chi connectivity index (χ1v) is 9.26. The Morgan fingerprint density at radius 2 is 1.57 bits per heavy atom. The standard InChI is InChI=1S/C22H28N2O4/c1-15(2)17-9-11-18(12-10-17)24(16(3)25)14-13-23-22(26)21-19(27-4)7-6-8-20(21)28-5/h6-12,15H,13-14H2,1-5H3,(H,23,26). The number of nitrogens with zero attached hydrogens (tertiary/aromatic N) is 1. The fourth-order valence-electron chi connectivity index (χ4n) is 2.95. The molecule has 150 valence electrons. The molecule has 0 saturated carbocycles. The van der Waals surface area contributed by atoms with Gasteiger partial charge in [-0.2, -0.15) is 0 Å². The van der Waals surface area contributed by atoms with Gasteiger partial charge in [0.15, 0.2) is 0 Å². The summed E-state index contributed by atoms with van der Waals surface area (Å²) in [6.07, 6.45) is 0. The Balaban J connectivity index is 2.07. The molecule has 0 atom stereocenters. The lowest BCUT2D eigenvalue weighted by atomic mass is 10.0. The second-order valence-electron chi connectivity index (χ2n) is 6.71. The quantitative estimate of drug-likeness (QED) is 0.755. The van der Waals surface area contributed by atoms with Crippen LogP contribution in [0.5, 0.6) is 11.5 Å². The first-order valence-electron chi connectivity index (χ1n) is 9.26. The van der Waals surface area contributed by atoms with Gasteiger partial charge in [-0.3, -0.25) is 9.59 Å². The summed E-state index contributed by atoms with van der Waals surface area (Å²) in [5.41, 5.74) is 2.35. The van der Waals surface area contributed by atoms with Crippen LogP contribution >= 0.6 is 0 Å².